The maximum Gasteiger partial charge on any atom is 0.150 e. The van der Waals surface area contributed by atoms with E-state index in [1.165, 1.54) is 0 Å². The van der Waals surface area contributed by atoms with Crippen molar-refractivity contribution >= 4 is 39.9 Å². The van der Waals surface area contributed by atoms with Crippen molar-refractivity contribution in [1.29, 1.82) is 0 Å². The molecule has 0 fully saturated rings. The van der Waals surface area contributed by atoms with Crippen molar-refractivity contribution in [3.63, 3.8) is 0 Å². The first-order valence-corrected chi connectivity index (χ1v) is 6.65. The Bertz CT molecular complexity index is 534. The number of hydrogen-bond donors (Lipinski definition) is 1. The summed E-state index contributed by atoms with van der Waals surface area (Å²) < 4.78 is 27.5. The summed E-state index contributed by atoms with van der Waals surface area (Å²) in [7, 11) is 0. The molecular weight excluding hydrogens is 371 g/mol. The van der Waals surface area contributed by atoms with E-state index in [2.05, 4.69) is 27.9 Å². The average molecular weight is 380 g/mol. The highest BCUT2D eigenvalue weighted by molar-refractivity contribution is 14.1. The molecule has 1 N–H and O–H groups in total. The van der Waals surface area contributed by atoms with Crippen LogP contribution in [0.4, 0.5) is 14.5 Å². The standard InChI is InChI=1S/C13H9ClF2IN/c14-11-5-9(15)6-12(16)13(11)18-7-8-1-3-10(17)4-2-8/h1-6,18H,7H2. The Balaban J connectivity index is 2.13. The van der Waals surface area contributed by atoms with E-state index in [4.69, 9.17) is 11.6 Å². The van der Waals surface area contributed by atoms with Crippen LogP contribution in [-0.2, 0) is 6.54 Å². The third kappa shape index (κ3) is 3.32. The second-order valence-corrected chi connectivity index (χ2v) is 5.38. The number of benzene rings is 2. The fourth-order valence-corrected chi connectivity index (χ4v) is 2.12. The van der Waals surface area contributed by atoms with Gasteiger partial charge < -0.3 is 5.32 Å². The molecule has 2 aromatic carbocycles. The number of hydrogen-bond acceptors (Lipinski definition) is 1. The third-order valence-corrected chi connectivity index (χ3v) is 3.41. The SMILES string of the molecule is Fc1cc(F)c(NCc2ccc(I)cc2)c(Cl)c1. The Kier molecular flexibility index (Phi) is 4.40. The average Bonchev–Trinajstić information content (AvgIpc) is 2.30. The second-order valence-electron chi connectivity index (χ2n) is 3.72. The molecule has 0 unspecified atom stereocenters. The summed E-state index contributed by atoms with van der Waals surface area (Å²) in [6.45, 7) is 0.430. The van der Waals surface area contributed by atoms with Crippen LogP contribution in [0.3, 0.4) is 0 Å². The van der Waals surface area contributed by atoms with Gasteiger partial charge in [0.2, 0.25) is 0 Å². The van der Waals surface area contributed by atoms with Gasteiger partial charge in [0.25, 0.3) is 0 Å². The maximum absolute atomic E-state index is 13.5. The van der Waals surface area contributed by atoms with Crippen LogP contribution in [0.2, 0.25) is 5.02 Å². The molecule has 1 nitrogen and oxygen atoms in total. The molecule has 0 radical (unpaired) electrons. The van der Waals surface area contributed by atoms with Gasteiger partial charge in [0.15, 0.2) is 5.82 Å². The van der Waals surface area contributed by atoms with Crippen molar-refractivity contribution in [2.45, 2.75) is 6.54 Å². The van der Waals surface area contributed by atoms with Gasteiger partial charge in [-0.15, -0.1) is 0 Å². The third-order valence-electron chi connectivity index (χ3n) is 2.39. The highest BCUT2D eigenvalue weighted by atomic mass is 127. The molecule has 0 aliphatic rings. The summed E-state index contributed by atoms with van der Waals surface area (Å²) in [5.74, 6) is -1.37. The van der Waals surface area contributed by atoms with E-state index in [-0.39, 0.29) is 10.7 Å². The number of nitrogens with one attached hydrogen (secondary N) is 1. The van der Waals surface area contributed by atoms with E-state index in [9.17, 15) is 8.78 Å². The van der Waals surface area contributed by atoms with Gasteiger partial charge in [0.05, 0.1) is 10.7 Å². The minimum atomic E-state index is -0.689. The lowest BCUT2D eigenvalue weighted by Gasteiger charge is -2.10. The molecule has 0 atom stereocenters. The fourth-order valence-electron chi connectivity index (χ4n) is 1.50. The Morgan fingerprint density at radius 3 is 2.39 bits per heavy atom. The van der Waals surface area contributed by atoms with Gasteiger partial charge in [-0.05, 0) is 46.4 Å². The molecule has 0 bridgehead atoms. The van der Waals surface area contributed by atoms with E-state index >= 15 is 0 Å². The van der Waals surface area contributed by atoms with Crippen molar-refractivity contribution < 1.29 is 8.78 Å². The molecule has 0 amide bonds. The van der Waals surface area contributed by atoms with Crippen molar-refractivity contribution in [3.8, 4) is 0 Å². The summed E-state index contributed by atoms with van der Waals surface area (Å²) >= 11 is 7.99. The molecule has 2 rings (SSSR count). The quantitative estimate of drug-likeness (QED) is 0.753. The van der Waals surface area contributed by atoms with E-state index in [0.717, 1.165) is 21.3 Å². The lowest BCUT2D eigenvalue weighted by Crippen LogP contribution is -2.02. The predicted octanol–water partition coefficient (Wildman–Crippen LogP) is 4.83. The molecule has 0 heterocycles. The molecule has 0 saturated heterocycles. The van der Waals surface area contributed by atoms with E-state index in [0.29, 0.717) is 6.54 Å². The van der Waals surface area contributed by atoms with Crippen LogP contribution in [0.25, 0.3) is 0 Å². The van der Waals surface area contributed by atoms with Gasteiger partial charge in [-0.2, -0.15) is 0 Å². The topological polar surface area (TPSA) is 12.0 Å². The monoisotopic (exact) mass is 379 g/mol. The largest absolute Gasteiger partial charge is 0.377 e. The molecule has 0 saturated carbocycles. The van der Waals surface area contributed by atoms with Crippen LogP contribution >= 0.6 is 34.2 Å². The second kappa shape index (κ2) is 5.84. The Morgan fingerprint density at radius 2 is 1.78 bits per heavy atom. The molecule has 94 valence electrons. The van der Waals surface area contributed by atoms with Gasteiger partial charge in [0.1, 0.15) is 5.82 Å². The Hall–Kier alpha value is -0.880. The molecule has 2 aromatic rings. The van der Waals surface area contributed by atoms with Crippen LogP contribution in [-0.4, -0.2) is 0 Å². The van der Waals surface area contributed by atoms with E-state index < -0.39 is 11.6 Å². The molecule has 0 spiro atoms. The van der Waals surface area contributed by atoms with Crippen LogP contribution in [0.15, 0.2) is 36.4 Å². The van der Waals surface area contributed by atoms with Crippen molar-refractivity contribution in [3.05, 3.63) is 62.2 Å². The van der Waals surface area contributed by atoms with E-state index in [1.807, 2.05) is 24.3 Å². The normalized spacial score (nSPS) is 10.4. The van der Waals surface area contributed by atoms with Gasteiger partial charge in [-0.1, -0.05) is 23.7 Å². The zero-order chi connectivity index (χ0) is 13.1. The first-order chi connectivity index (χ1) is 8.56. The molecule has 0 aromatic heterocycles. The zero-order valence-corrected chi connectivity index (χ0v) is 12.1. The van der Waals surface area contributed by atoms with Gasteiger partial charge >= 0.3 is 0 Å². The molecule has 0 aliphatic carbocycles. The van der Waals surface area contributed by atoms with Crippen LogP contribution in [0.1, 0.15) is 5.56 Å². The number of anilines is 1. The summed E-state index contributed by atoms with van der Waals surface area (Å²) in [4.78, 5) is 0. The van der Waals surface area contributed by atoms with Gasteiger partial charge in [-0.3, -0.25) is 0 Å². The highest BCUT2D eigenvalue weighted by Crippen LogP contribution is 2.26. The molecule has 0 aliphatic heterocycles. The fraction of sp³-hybridized carbons (Fsp3) is 0.0769. The van der Waals surface area contributed by atoms with Crippen LogP contribution in [0, 0.1) is 15.2 Å². The van der Waals surface area contributed by atoms with Crippen LogP contribution in [0.5, 0.6) is 0 Å². The highest BCUT2D eigenvalue weighted by Gasteiger charge is 2.09. The molecule has 18 heavy (non-hydrogen) atoms. The van der Waals surface area contributed by atoms with Crippen molar-refractivity contribution in [2.75, 3.05) is 5.32 Å². The Labute approximate surface area is 122 Å². The van der Waals surface area contributed by atoms with Gasteiger partial charge in [0, 0.05) is 16.2 Å². The summed E-state index contributed by atoms with van der Waals surface area (Å²) in [6.07, 6.45) is 0. The smallest absolute Gasteiger partial charge is 0.150 e. The molecule has 5 heteroatoms. The maximum atomic E-state index is 13.5. The van der Waals surface area contributed by atoms with Crippen LogP contribution < -0.4 is 5.32 Å². The first-order valence-electron chi connectivity index (χ1n) is 5.19. The molecular formula is C13H9ClF2IN. The lowest BCUT2D eigenvalue weighted by atomic mass is 10.2. The number of halogens is 4. The van der Waals surface area contributed by atoms with Gasteiger partial charge in [-0.25, -0.2) is 8.78 Å². The summed E-state index contributed by atoms with van der Waals surface area (Å²) in [5.41, 5.74) is 1.12. The predicted molar refractivity (Wildman–Crippen MR) is 77.9 cm³/mol. The number of rotatable bonds is 3. The summed E-state index contributed by atoms with van der Waals surface area (Å²) in [6, 6.07) is 9.68. The lowest BCUT2D eigenvalue weighted by molar-refractivity contribution is 0.585. The summed E-state index contributed by atoms with van der Waals surface area (Å²) in [5, 5.41) is 2.91. The zero-order valence-electron chi connectivity index (χ0n) is 9.18. The Morgan fingerprint density at radius 1 is 1.11 bits per heavy atom. The minimum absolute atomic E-state index is 0.0398. The van der Waals surface area contributed by atoms with Crippen molar-refractivity contribution in [1.82, 2.24) is 0 Å². The van der Waals surface area contributed by atoms with Crippen molar-refractivity contribution in [2.24, 2.45) is 0 Å². The minimum Gasteiger partial charge on any atom is -0.377 e. The van der Waals surface area contributed by atoms with E-state index in [1.54, 1.807) is 0 Å². The first kappa shape index (κ1) is 13.5.